The molecule has 0 aliphatic rings. The number of halogens is 1. The zero-order valence-electron chi connectivity index (χ0n) is 9.43. The van der Waals surface area contributed by atoms with Gasteiger partial charge in [-0.2, -0.15) is 5.26 Å². The van der Waals surface area contributed by atoms with Crippen LogP contribution in [-0.4, -0.2) is 24.2 Å². The van der Waals surface area contributed by atoms with E-state index in [1.165, 1.54) is 0 Å². The van der Waals surface area contributed by atoms with Crippen LogP contribution >= 0.6 is 15.9 Å². The Morgan fingerprint density at radius 1 is 1.65 bits per heavy atom. The van der Waals surface area contributed by atoms with Crippen molar-refractivity contribution in [3.8, 4) is 6.07 Å². The second-order valence-corrected chi connectivity index (χ2v) is 4.67. The highest BCUT2D eigenvalue weighted by Crippen LogP contribution is 2.20. The Balaban J connectivity index is 2.86. The molecule has 1 atom stereocenters. The van der Waals surface area contributed by atoms with E-state index in [4.69, 9.17) is 10.4 Å². The number of nitriles is 1. The molecule has 1 aromatic rings. The van der Waals surface area contributed by atoms with Crippen LogP contribution in [0.1, 0.15) is 6.92 Å². The summed E-state index contributed by atoms with van der Waals surface area (Å²) in [5, 5.41) is 17.6. The van der Waals surface area contributed by atoms with Gasteiger partial charge in [-0.25, -0.2) is 0 Å². The molecule has 4 nitrogen and oxygen atoms in total. The predicted octanol–water partition coefficient (Wildman–Crippen LogP) is 2.50. The summed E-state index contributed by atoms with van der Waals surface area (Å²) in [5.74, 6) is -1.37. The van der Waals surface area contributed by atoms with Crippen LogP contribution in [0, 0.1) is 17.2 Å². The average molecular weight is 297 g/mol. The maximum absolute atomic E-state index is 10.8. The zero-order chi connectivity index (χ0) is 12.8. The van der Waals surface area contributed by atoms with Crippen LogP contribution in [-0.2, 0) is 4.79 Å². The third-order valence-corrected chi connectivity index (χ3v) is 2.84. The number of rotatable bonds is 5. The predicted molar refractivity (Wildman–Crippen MR) is 68.8 cm³/mol. The summed E-state index contributed by atoms with van der Waals surface area (Å²) in [6, 6.07) is 9.51. The summed E-state index contributed by atoms with van der Waals surface area (Å²) < 4.78 is 0.904. The van der Waals surface area contributed by atoms with E-state index in [1.807, 2.05) is 30.3 Å². The first-order chi connectivity index (χ1) is 8.04. The van der Waals surface area contributed by atoms with Crippen LogP contribution in [0.2, 0.25) is 0 Å². The molecule has 0 aliphatic carbocycles. The van der Waals surface area contributed by atoms with Crippen molar-refractivity contribution in [3.05, 3.63) is 28.7 Å². The topological polar surface area (TPSA) is 64.3 Å². The Morgan fingerprint density at radius 3 is 2.88 bits per heavy atom. The molecule has 0 saturated heterocycles. The minimum atomic E-state index is -0.858. The van der Waals surface area contributed by atoms with Gasteiger partial charge in [0, 0.05) is 16.7 Å². The number of nitrogens with zero attached hydrogens (tertiary/aromatic N) is 2. The molecule has 1 aromatic carbocycles. The van der Waals surface area contributed by atoms with Gasteiger partial charge >= 0.3 is 5.97 Å². The number of anilines is 1. The maximum Gasteiger partial charge on any atom is 0.308 e. The first-order valence-corrected chi connectivity index (χ1v) is 5.94. The van der Waals surface area contributed by atoms with Gasteiger partial charge in [0.2, 0.25) is 0 Å². The second-order valence-electron chi connectivity index (χ2n) is 3.76. The number of benzene rings is 1. The fourth-order valence-electron chi connectivity index (χ4n) is 1.43. The molecule has 90 valence electrons. The standard InChI is InChI=1S/C12H13BrN2O2/c1-9(12(16)17)8-15(6-5-14)11-4-2-3-10(13)7-11/h2-4,7,9H,6,8H2,1H3,(H,16,17). The normalized spacial score (nSPS) is 11.6. The van der Waals surface area contributed by atoms with Gasteiger partial charge in [-0.05, 0) is 18.2 Å². The molecule has 0 saturated carbocycles. The molecule has 0 fully saturated rings. The molecule has 0 heterocycles. The Hall–Kier alpha value is -1.54. The highest BCUT2D eigenvalue weighted by Gasteiger charge is 2.16. The quantitative estimate of drug-likeness (QED) is 0.848. The maximum atomic E-state index is 10.8. The molecule has 0 bridgehead atoms. The Kier molecular flexibility index (Phi) is 4.98. The summed E-state index contributed by atoms with van der Waals surface area (Å²) in [7, 11) is 0. The van der Waals surface area contributed by atoms with Crippen molar-refractivity contribution in [1.29, 1.82) is 5.26 Å². The Morgan fingerprint density at radius 2 is 2.35 bits per heavy atom. The third-order valence-electron chi connectivity index (χ3n) is 2.35. The van der Waals surface area contributed by atoms with Crippen LogP contribution in [0.15, 0.2) is 28.7 Å². The molecule has 0 aliphatic heterocycles. The van der Waals surface area contributed by atoms with Gasteiger partial charge in [0.1, 0.15) is 6.54 Å². The zero-order valence-corrected chi connectivity index (χ0v) is 11.0. The molecule has 5 heteroatoms. The molecule has 17 heavy (non-hydrogen) atoms. The first-order valence-electron chi connectivity index (χ1n) is 5.15. The SMILES string of the molecule is CC(CN(CC#N)c1cccc(Br)c1)C(=O)O. The van der Waals surface area contributed by atoms with Crippen molar-refractivity contribution in [2.24, 2.45) is 5.92 Å². The van der Waals surface area contributed by atoms with Crippen LogP contribution in [0.5, 0.6) is 0 Å². The number of aliphatic carboxylic acids is 1. The lowest BCUT2D eigenvalue weighted by Gasteiger charge is -2.23. The number of carboxylic acids is 1. The van der Waals surface area contributed by atoms with E-state index in [2.05, 4.69) is 15.9 Å². The number of carbonyl (C=O) groups is 1. The van der Waals surface area contributed by atoms with E-state index >= 15 is 0 Å². The van der Waals surface area contributed by atoms with Crippen molar-refractivity contribution in [2.45, 2.75) is 6.92 Å². The van der Waals surface area contributed by atoms with Crippen molar-refractivity contribution in [3.63, 3.8) is 0 Å². The molecular formula is C12H13BrN2O2. The van der Waals surface area contributed by atoms with Crippen molar-refractivity contribution in [2.75, 3.05) is 18.0 Å². The highest BCUT2D eigenvalue weighted by molar-refractivity contribution is 9.10. The van der Waals surface area contributed by atoms with E-state index in [9.17, 15) is 4.79 Å². The van der Waals surface area contributed by atoms with Crippen LogP contribution in [0.25, 0.3) is 0 Å². The van der Waals surface area contributed by atoms with E-state index in [0.29, 0.717) is 6.54 Å². The molecule has 1 rings (SSSR count). The van der Waals surface area contributed by atoms with Crippen molar-refractivity contribution >= 4 is 27.6 Å². The molecule has 1 N–H and O–H groups in total. The molecule has 0 amide bonds. The van der Waals surface area contributed by atoms with Gasteiger partial charge in [0.15, 0.2) is 0 Å². The van der Waals surface area contributed by atoms with Crippen molar-refractivity contribution < 1.29 is 9.90 Å². The average Bonchev–Trinajstić information content (AvgIpc) is 2.28. The van der Waals surface area contributed by atoms with Crippen LogP contribution in [0.4, 0.5) is 5.69 Å². The monoisotopic (exact) mass is 296 g/mol. The van der Waals surface area contributed by atoms with Gasteiger partial charge in [-0.1, -0.05) is 28.9 Å². The van der Waals surface area contributed by atoms with E-state index < -0.39 is 11.9 Å². The largest absolute Gasteiger partial charge is 0.481 e. The number of hydrogen-bond donors (Lipinski definition) is 1. The summed E-state index contributed by atoms with van der Waals surface area (Å²) in [5.41, 5.74) is 0.842. The smallest absolute Gasteiger partial charge is 0.308 e. The fourth-order valence-corrected chi connectivity index (χ4v) is 1.82. The van der Waals surface area contributed by atoms with Gasteiger partial charge in [0.05, 0.1) is 12.0 Å². The summed E-state index contributed by atoms with van der Waals surface area (Å²) >= 11 is 3.35. The number of hydrogen-bond acceptors (Lipinski definition) is 3. The highest BCUT2D eigenvalue weighted by atomic mass is 79.9. The second kappa shape index (κ2) is 6.26. The summed E-state index contributed by atoms with van der Waals surface area (Å²) in [4.78, 5) is 12.6. The Labute approximate surface area is 109 Å². The molecule has 0 spiro atoms. The van der Waals surface area contributed by atoms with Gasteiger partial charge in [-0.3, -0.25) is 4.79 Å². The minimum Gasteiger partial charge on any atom is -0.481 e. The lowest BCUT2D eigenvalue weighted by molar-refractivity contribution is -0.140. The number of carboxylic acid groups (broad SMARTS) is 1. The van der Waals surface area contributed by atoms with Crippen molar-refractivity contribution in [1.82, 2.24) is 0 Å². The van der Waals surface area contributed by atoms with Gasteiger partial charge < -0.3 is 10.0 Å². The first kappa shape index (κ1) is 13.5. The van der Waals surface area contributed by atoms with Gasteiger partial charge in [0.25, 0.3) is 0 Å². The van der Waals surface area contributed by atoms with Gasteiger partial charge in [-0.15, -0.1) is 0 Å². The lowest BCUT2D eigenvalue weighted by Crippen LogP contribution is -2.32. The molecule has 0 radical (unpaired) electrons. The minimum absolute atomic E-state index is 0.175. The van der Waals surface area contributed by atoms with Crippen LogP contribution in [0.3, 0.4) is 0 Å². The Bertz CT molecular complexity index is 442. The van der Waals surface area contributed by atoms with E-state index in [0.717, 1.165) is 10.2 Å². The molecule has 0 aromatic heterocycles. The fraction of sp³-hybridized carbons (Fsp3) is 0.333. The summed E-state index contributed by atoms with van der Waals surface area (Å²) in [6.07, 6.45) is 0. The lowest BCUT2D eigenvalue weighted by atomic mass is 10.1. The molecule has 1 unspecified atom stereocenters. The van der Waals surface area contributed by atoms with E-state index in [1.54, 1.807) is 11.8 Å². The molecular weight excluding hydrogens is 284 g/mol. The van der Waals surface area contributed by atoms with Crippen LogP contribution < -0.4 is 4.90 Å². The third kappa shape index (κ3) is 4.08. The van der Waals surface area contributed by atoms with E-state index in [-0.39, 0.29) is 6.54 Å². The summed E-state index contributed by atoms with van der Waals surface area (Å²) in [6.45, 7) is 2.12.